The minimum absolute atomic E-state index is 0.453. The van der Waals surface area contributed by atoms with E-state index in [1.165, 1.54) is 0 Å². The topological polar surface area (TPSA) is 33.1 Å². The molecule has 12 heavy (non-hydrogen) atoms. The van der Waals surface area contributed by atoms with Crippen LogP contribution in [-0.4, -0.2) is 10.1 Å². The molecule has 0 spiro atoms. The van der Waals surface area contributed by atoms with Gasteiger partial charge in [0.05, 0.1) is 11.1 Å². The standard InChI is InChI=1S/C9H12ClNO/c1-2-3-9(12)7-4-5-11-6-8(7)10/h4-6,9,12H,2-3H2,1H3. The zero-order valence-electron chi connectivity index (χ0n) is 7.00. The monoisotopic (exact) mass is 185 g/mol. The minimum Gasteiger partial charge on any atom is -0.388 e. The van der Waals surface area contributed by atoms with Gasteiger partial charge < -0.3 is 5.11 Å². The molecule has 0 aromatic carbocycles. The van der Waals surface area contributed by atoms with E-state index in [9.17, 15) is 5.11 Å². The lowest BCUT2D eigenvalue weighted by molar-refractivity contribution is 0.166. The Kier molecular flexibility index (Phi) is 3.50. The summed E-state index contributed by atoms with van der Waals surface area (Å²) < 4.78 is 0. The summed E-state index contributed by atoms with van der Waals surface area (Å²) in [6.45, 7) is 2.03. The summed E-state index contributed by atoms with van der Waals surface area (Å²) in [5.41, 5.74) is 0.772. The van der Waals surface area contributed by atoms with Gasteiger partial charge in [0.1, 0.15) is 0 Å². The predicted molar refractivity (Wildman–Crippen MR) is 49.1 cm³/mol. The van der Waals surface area contributed by atoms with Gasteiger partial charge >= 0.3 is 0 Å². The number of nitrogens with zero attached hydrogens (tertiary/aromatic N) is 1. The average Bonchev–Trinajstić information content (AvgIpc) is 2.05. The van der Waals surface area contributed by atoms with Crippen molar-refractivity contribution in [1.82, 2.24) is 4.98 Å². The number of hydrogen-bond acceptors (Lipinski definition) is 2. The zero-order chi connectivity index (χ0) is 8.97. The van der Waals surface area contributed by atoms with Crippen molar-refractivity contribution in [2.24, 2.45) is 0 Å². The average molecular weight is 186 g/mol. The van der Waals surface area contributed by atoms with Crippen molar-refractivity contribution in [2.45, 2.75) is 25.9 Å². The normalized spacial score (nSPS) is 12.9. The van der Waals surface area contributed by atoms with E-state index < -0.39 is 6.10 Å². The second-order valence-corrected chi connectivity index (χ2v) is 3.11. The van der Waals surface area contributed by atoms with Crippen LogP contribution in [-0.2, 0) is 0 Å². The number of halogens is 1. The SMILES string of the molecule is CCCC(O)c1ccncc1Cl. The van der Waals surface area contributed by atoms with Crippen molar-refractivity contribution in [2.75, 3.05) is 0 Å². The molecule has 1 unspecified atom stereocenters. The Labute approximate surface area is 77.2 Å². The minimum atomic E-state index is -0.453. The first-order chi connectivity index (χ1) is 5.75. The van der Waals surface area contributed by atoms with Crippen LogP contribution in [0.15, 0.2) is 18.5 Å². The molecule has 0 saturated carbocycles. The van der Waals surface area contributed by atoms with Crippen LogP contribution in [0.2, 0.25) is 5.02 Å². The molecule has 0 saturated heterocycles. The summed E-state index contributed by atoms with van der Waals surface area (Å²) in [5.74, 6) is 0. The van der Waals surface area contributed by atoms with E-state index in [-0.39, 0.29) is 0 Å². The maximum atomic E-state index is 9.59. The van der Waals surface area contributed by atoms with Gasteiger partial charge in [0, 0.05) is 18.0 Å². The van der Waals surface area contributed by atoms with Gasteiger partial charge in [-0.25, -0.2) is 0 Å². The number of aliphatic hydroxyl groups is 1. The molecule has 1 heterocycles. The lowest BCUT2D eigenvalue weighted by Gasteiger charge is -2.10. The molecule has 0 aliphatic rings. The Morgan fingerprint density at radius 3 is 3.00 bits per heavy atom. The Morgan fingerprint density at radius 2 is 2.42 bits per heavy atom. The van der Waals surface area contributed by atoms with E-state index in [4.69, 9.17) is 11.6 Å². The van der Waals surface area contributed by atoms with Gasteiger partial charge in [0.15, 0.2) is 0 Å². The first kappa shape index (κ1) is 9.49. The van der Waals surface area contributed by atoms with E-state index in [1.54, 1.807) is 18.5 Å². The summed E-state index contributed by atoms with van der Waals surface area (Å²) in [7, 11) is 0. The van der Waals surface area contributed by atoms with Crippen molar-refractivity contribution < 1.29 is 5.11 Å². The van der Waals surface area contributed by atoms with Gasteiger partial charge in [0.25, 0.3) is 0 Å². The summed E-state index contributed by atoms with van der Waals surface area (Å²) in [5, 5.41) is 10.1. The van der Waals surface area contributed by atoms with Gasteiger partial charge in [-0.2, -0.15) is 0 Å². The summed E-state index contributed by atoms with van der Waals surface area (Å²) in [4.78, 5) is 3.84. The quantitative estimate of drug-likeness (QED) is 0.785. The summed E-state index contributed by atoms with van der Waals surface area (Å²) in [6, 6.07) is 1.75. The Hall–Kier alpha value is -0.600. The predicted octanol–water partition coefficient (Wildman–Crippen LogP) is 2.57. The molecule has 1 rings (SSSR count). The Bertz CT molecular complexity index is 252. The molecule has 1 aromatic rings. The van der Waals surface area contributed by atoms with Gasteiger partial charge in [-0.05, 0) is 12.5 Å². The fourth-order valence-electron chi connectivity index (χ4n) is 1.09. The third-order valence-electron chi connectivity index (χ3n) is 1.72. The molecular formula is C9H12ClNO. The Morgan fingerprint density at radius 1 is 1.67 bits per heavy atom. The van der Waals surface area contributed by atoms with Crippen molar-refractivity contribution in [3.8, 4) is 0 Å². The van der Waals surface area contributed by atoms with Crippen molar-refractivity contribution >= 4 is 11.6 Å². The van der Waals surface area contributed by atoms with Crippen LogP contribution in [0.25, 0.3) is 0 Å². The van der Waals surface area contributed by atoms with Gasteiger partial charge in [-0.3, -0.25) is 4.98 Å². The molecule has 0 amide bonds. The fraction of sp³-hybridized carbons (Fsp3) is 0.444. The lowest BCUT2D eigenvalue weighted by atomic mass is 10.1. The highest BCUT2D eigenvalue weighted by Gasteiger charge is 2.09. The van der Waals surface area contributed by atoms with Crippen LogP contribution in [0.1, 0.15) is 31.4 Å². The third-order valence-corrected chi connectivity index (χ3v) is 2.04. The molecule has 2 nitrogen and oxygen atoms in total. The molecule has 0 aliphatic carbocycles. The molecule has 0 fully saturated rings. The van der Waals surface area contributed by atoms with E-state index in [2.05, 4.69) is 4.98 Å². The van der Waals surface area contributed by atoms with E-state index in [0.29, 0.717) is 5.02 Å². The van der Waals surface area contributed by atoms with Crippen LogP contribution in [0, 0.1) is 0 Å². The molecule has 1 N–H and O–H groups in total. The van der Waals surface area contributed by atoms with E-state index in [0.717, 1.165) is 18.4 Å². The molecule has 0 aliphatic heterocycles. The fourth-order valence-corrected chi connectivity index (χ4v) is 1.33. The van der Waals surface area contributed by atoms with Crippen LogP contribution in [0.5, 0.6) is 0 Å². The van der Waals surface area contributed by atoms with Gasteiger partial charge in [-0.1, -0.05) is 24.9 Å². The van der Waals surface area contributed by atoms with Crippen LogP contribution in [0.4, 0.5) is 0 Å². The molecular weight excluding hydrogens is 174 g/mol. The maximum Gasteiger partial charge on any atom is 0.0805 e. The highest BCUT2D eigenvalue weighted by molar-refractivity contribution is 6.31. The van der Waals surface area contributed by atoms with Crippen LogP contribution in [0.3, 0.4) is 0 Å². The second-order valence-electron chi connectivity index (χ2n) is 2.70. The summed E-state index contributed by atoms with van der Waals surface area (Å²) in [6.07, 6.45) is 4.42. The zero-order valence-corrected chi connectivity index (χ0v) is 7.75. The number of hydrogen-bond donors (Lipinski definition) is 1. The largest absolute Gasteiger partial charge is 0.388 e. The molecule has 0 bridgehead atoms. The molecule has 1 aromatic heterocycles. The number of aromatic nitrogens is 1. The van der Waals surface area contributed by atoms with Gasteiger partial charge in [0.2, 0.25) is 0 Å². The van der Waals surface area contributed by atoms with E-state index >= 15 is 0 Å². The van der Waals surface area contributed by atoms with Crippen molar-refractivity contribution in [1.29, 1.82) is 0 Å². The number of pyridine rings is 1. The van der Waals surface area contributed by atoms with Gasteiger partial charge in [-0.15, -0.1) is 0 Å². The Balaban J connectivity index is 2.79. The summed E-state index contributed by atoms with van der Waals surface area (Å²) >= 11 is 5.83. The van der Waals surface area contributed by atoms with Crippen molar-refractivity contribution in [3.05, 3.63) is 29.0 Å². The maximum absolute atomic E-state index is 9.59. The third kappa shape index (κ3) is 2.19. The molecule has 3 heteroatoms. The molecule has 66 valence electrons. The van der Waals surface area contributed by atoms with Crippen molar-refractivity contribution in [3.63, 3.8) is 0 Å². The second kappa shape index (κ2) is 4.43. The first-order valence-electron chi connectivity index (χ1n) is 4.03. The smallest absolute Gasteiger partial charge is 0.0805 e. The highest BCUT2D eigenvalue weighted by Crippen LogP contribution is 2.24. The van der Waals surface area contributed by atoms with Crippen LogP contribution >= 0.6 is 11.6 Å². The highest BCUT2D eigenvalue weighted by atomic mass is 35.5. The number of rotatable bonds is 3. The first-order valence-corrected chi connectivity index (χ1v) is 4.41. The molecule has 1 atom stereocenters. The molecule has 0 radical (unpaired) electrons. The lowest BCUT2D eigenvalue weighted by Crippen LogP contribution is -1.97. The van der Waals surface area contributed by atoms with E-state index in [1.807, 2.05) is 6.92 Å². The number of aliphatic hydroxyl groups excluding tert-OH is 1. The van der Waals surface area contributed by atoms with Crippen LogP contribution < -0.4 is 0 Å².